The lowest BCUT2D eigenvalue weighted by atomic mass is 10.1. The number of anilines is 1. The Hall–Kier alpha value is -1.91. The molecule has 5 heteroatoms. The molecule has 0 bridgehead atoms. The minimum absolute atomic E-state index is 0.370. The fourth-order valence-electron chi connectivity index (χ4n) is 1.74. The van der Waals surface area contributed by atoms with E-state index in [9.17, 15) is 4.79 Å². The van der Waals surface area contributed by atoms with Crippen molar-refractivity contribution in [3.05, 3.63) is 17.7 Å². The first-order valence-electron chi connectivity index (χ1n) is 6.19. The molecule has 5 nitrogen and oxygen atoms in total. The van der Waals surface area contributed by atoms with Gasteiger partial charge in [0.2, 0.25) is 0 Å². The minimum Gasteiger partial charge on any atom is -0.496 e. The number of aryl methyl sites for hydroxylation is 1. The summed E-state index contributed by atoms with van der Waals surface area (Å²) < 4.78 is 10.6. The van der Waals surface area contributed by atoms with Crippen LogP contribution in [-0.4, -0.2) is 31.8 Å². The lowest BCUT2D eigenvalue weighted by Gasteiger charge is -2.15. The van der Waals surface area contributed by atoms with Crippen LogP contribution in [-0.2, 0) is 4.79 Å². The van der Waals surface area contributed by atoms with E-state index in [1.165, 1.54) is 0 Å². The molecule has 0 aliphatic carbocycles. The molecule has 0 aromatic heterocycles. The van der Waals surface area contributed by atoms with E-state index < -0.39 is 5.97 Å². The van der Waals surface area contributed by atoms with Crippen LogP contribution in [0.2, 0.25) is 0 Å². The van der Waals surface area contributed by atoms with Gasteiger partial charge in [-0.05, 0) is 25.0 Å². The molecule has 1 aromatic carbocycles. The molecule has 0 aliphatic rings. The zero-order valence-electron chi connectivity index (χ0n) is 11.8. The molecule has 0 saturated carbocycles. The van der Waals surface area contributed by atoms with Crippen LogP contribution in [0.5, 0.6) is 11.5 Å². The highest BCUT2D eigenvalue weighted by molar-refractivity contribution is 5.69. The Morgan fingerprint density at radius 3 is 2.47 bits per heavy atom. The number of hydrogen-bond acceptors (Lipinski definition) is 4. The van der Waals surface area contributed by atoms with Gasteiger partial charge in [-0.1, -0.05) is 6.92 Å². The summed E-state index contributed by atoms with van der Waals surface area (Å²) in [6.07, 6.45) is 0.550. The molecule has 1 unspecified atom stereocenters. The van der Waals surface area contributed by atoms with E-state index in [0.29, 0.717) is 13.0 Å². The number of carboxylic acids is 1. The number of nitrogens with one attached hydrogen (secondary N) is 1. The molecule has 19 heavy (non-hydrogen) atoms. The summed E-state index contributed by atoms with van der Waals surface area (Å²) >= 11 is 0. The highest BCUT2D eigenvalue weighted by atomic mass is 16.5. The van der Waals surface area contributed by atoms with E-state index in [1.54, 1.807) is 21.1 Å². The molecule has 0 spiro atoms. The Balaban J connectivity index is 2.74. The van der Waals surface area contributed by atoms with Crippen molar-refractivity contribution in [1.82, 2.24) is 0 Å². The second kappa shape index (κ2) is 6.87. The summed E-state index contributed by atoms with van der Waals surface area (Å²) in [6, 6.07) is 3.75. The molecule has 0 radical (unpaired) electrons. The second-order valence-corrected chi connectivity index (χ2v) is 4.48. The highest BCUT2D eigenvalue weighted by Gasteiger charge is 2.12. The lowest BCUT2D eigenvalue weighted by Crippen LogP contribution is -2.14. The number of hydrogen-bond donors (Lipinski definition) is 2. The smallest absolute Gasteiger partial charge is 0.306 e. The monoisotopic (exact) mass is 267 g/mol. The third-order valence-corrected chi connectivity index (χ3v) is 3.03. The average molecular weight is 267 g/mol. The fourth-order valence-corrected chi connectivity index (χ4v) is 1.74. The van der Waals surface area contributed by atoms with Gasteiger partial charge in [0.15, 0.2) is 0 Å². The van der Waals surface area contributed by atoms with Crippen LogP contribution in [0.3, 0.4) is 0 Å². The average Bonchev–Trinajstić information content (AvgIpc) is 2.39. The molecule has 0 amide bonds. The zero-order valence-corrected chi connectivity index (χ0v) is 11.8. The third kappa shape index (κ3) is 4.05. The first-order chi connectivity index (χ1) is 8.99. The first kappa shape index (κ1) is 15.1. The van der Waals surface area contributed by atoms with Crippen molar-refractivity contribution in [2.45, 2.75) is 20.3 Å². The van der Waals surface area contributed by atoms with Crippen molar-refractivity contribution >= 4 is 11.7 Å². The number of benzene rings is 1. The Morgan fingerprint density at radius 2 is 1.95 bits per heavy atom. The largest absolute Gasteiger partial charge is 0.496 e. The van der Waals surface area contributed by atoms with Crippen molar-refractivity contribution in [1.29, 1.82) is 0 Å². The topological polar surface area (TPSA) is 67.8 Å². The second-order valence-electron chi connectivity index (χ2n) is 4.48. The molecule has 106 valence electrons. The predicted octanol–water partition coefficient (Wildman–Crippen LogP) is 2.53. The Kier molecular flexibility index (Phi) is 5.48. The van der Waals surface area contributed by atoms with E-state index in [1.807, 2.05) is 19.1 Å². The molecular formula is C14H21NO4. The minimum atomic E-state index is -0.782. The summed E-state index contributed by atoms with van der Waals surface area (Å²) in [6.45, 7) is 4.20. The summed E-state index contributed by atoms with van der Waals surface area (Å²) in [7, 11) is 3.22. The third-order valence-electron chi connectivity index (χ3n) is 3.03. The van der Waals surface area contributed by atoms with Crippen molar-refractivity contribution in [2.75, 3.05) is 26.1 Å². The summed E-state index contributed by atoms with van der Waals surface area (Å²) in [5.74, 6) is 0.344. The first-order valence-corrected chi connectivity index (χ1v) is 6.19. The zero-order chi connectivity index (χ0) is 14.4. The van der Waals surface area contributed by atoms with E-state index >= 15 is 0 Å². The van der Waals surface area contributed by atoms with Crippen LogP contribution in [0.25, 0.3) is 0 Å². The van der Waals surface area contributed by atoms with Crippen LogP contribution in [0, 0.1) is 12.8 Å². The van der Waals surface area contributed by atoms with Gasteiger partial charge in [0, 0.05) is 12.6 Å². The van der Waals surface area contributed by atoms with Crippen molar-refractivity contribution in [3.63, 3.8) is 0 Å². The van der Waals surface area contributed by atoms with Gasteiger partial charge in [-0.15, -0.1) is 0 Å². The summed E-state index contributed by atoms with van der Waals surface area (Å²) in [5, 5.41) is 12.0. The molecule has 0 saturated heterocycles. The van der Waals surface area contributed by atoms with Gasteiger partial charge in [-0.3, -0.25) is 4.79 Å². The van der Waals surface area contributed by atoms with Gasteiger partial charge in [0.05, 0.1) is 25.8 Å². The number of carbonyl (C=O) groups is 1. The van der Waals surface area contributed by atoms with Gasteiger partial charge in [-0.2, -0.15) is 0 Å². The van der Waals surface area contributed by atoms with Gasteiger partial charge < -0.3 is 19.9 Å². The van der Waals surface area contributed by atoms with Crippen LogP contribution in [0.1, 0.15) is 18.9 Å². The van der Waals surface area contributed by atoms with E-state index in [-0.39, 0.29) is 5.92 Å². The SMILES string of the molecule is COc1cc(NCCC(C)C(=O)O)c(OC)cc1C. The van der Waals surface area contributed by atoms with Gasteiger partial charge >= 0.3 is 5.97 Å². The fraction of sp³-hybridized carbons (Fsp3) is 0.500. The molecule has 0 aliphatic heterocycles. The molecule has 1 aromatic rings. The molecule has 2 N–H and O–H groups in total. The van der Waals surface area contributed by atoms with Gasteiger partial charge in [0.25, 0.3) is 0 Å². The van der Waals surface area contributed by atoms with Gasteiger partial charge in [-0.25, -0.2) is 0 Å². The predicted molar refractivity (Wildman–Crippen MR) is 74.2 cm³/mol. The van der Waals surface area contributed by atoms with E-state index in [4.69, 9.17) is 14.6 Å². The Morgan fingerprint density at radius 1 is 1.32 bits per heavy atom. The summed E-state index contributed by atoms with van der Waals surface area (Å²) in [5.41, 5.74) is 1.80. The molecule has 1 atom stereocenters. The molecule has 1 rings (SSSR count). The van der Waals surface area contributed by atoms with E-state index in [2.05, 4.69) is 5.32 Å². The lowest BCUT2D eigenvalue weighted by molar-refractivity contribution is -0.141. The van der Waals surface area contributed by atoms with Crippen LogP contribution < -0.4 is 14.8 Å². The number of methoxy groups -OCH3 is 2. The maximum Gasteiger partial charge on any atom is 0.306 e. The van der Waals surface area contributed by atoms with Gasteiger partial charge in [0.1, 0.15) is 11.5 Å². The van der Waals surface area contributed by atoms with Crippen molar-refractivity contribution in [3.8, 4) is 11.5 Å². The quantitative estimate of drug-likeness (QED) is 0.794. The standard InChI is InChI=1S/C14H21NO4/c1-9(14(16)17)5-6-15-11-8-12(18-3)10(2)7-13(11)19-4/h7-9,15H,5-6H2,1-4H3,(H,16,17). The van der Waals surface area contributed by atoms with Crippen molar-refractivity contribution < 1.29 is 19.4 Å². The van der Waals surface area contributed by atoms with E-state index in [0.717, 1.165) is 22.7 Å². The Labute approximate surface area is 113 Å². The molecular weight excluding hydrogens is 246 g/mol. The van der Waals surface area contributed by atoms with Crippen LogP contribution >= 0.6 is 0 Å². The highest BCUT2D eigenvalue weighted by Crippen LogP contribution is 2.32. The number of ether oxygens (including phenoxy) is 2. The maximum absolute atomic E-state index is 10.7. The Bertz CT molecular complexity index is 445. The number of carboxylic acid groups (broad SMARTS) is 1. The maximum atomic E-state index is 10.7. The van der Waals surface area contributed by atoms with Crippen LogP contribution in [0.4, 0.5) is 5.69 Å². The van der Waals surface area contributed by atoms with Crippen LogP contribution in [0.15, 0.2) is 12.1 Å². The van der Waals surface area contributed by atoms with Crippen molar-refractivity contribution in [2.24, 2.45) is 5.92 Å². The number of aliphatic carboxylic acids is 1. The molecule has 0 heterocycles. The summed E-state index contributed by atoms with van der Waals surface area (Å²) in [4.78, 5) is 10.7. The number of rotatable bonds is 7. The normalized spacial score (nSPS) is 11.8. The molecule has 0 fully saturated rings.